The van der Waals surface area contributed by atoms with Crippen LogP contribution in [0.1, 0.15) is 41.2 Å². The molecule has 7 nitrogen and oxygen atoms in total. The predicted molar refractivity (Wildman–Crippen MR) is 149 cm³/mol. The number of hydrogen-bond acceptors (Lipinski definition) is 5. The van der Waals surface area contributed by atoms with Gasteiger partial charge in [-0.25, -0.2) is 4.39 Å². The topological polar surface area (TPSA) is 77.8 Å². The summed E-state index contributed by atoms with van der Waals surface area (Å²) in [6.07, 6.45) is 4.00. The van der Waals surface area contributed by atoms with Crippen LogP contribution in [0.4, 0.5) is 10.1 Å². The number of fused-ring (bicyclic) bond motifs is 1. The van der Waals surface area contributed by atoms with Gasteiger partial charge in [-0.2, -0.15) is 0 Å². The largest absolute Gasteiger partial charge is 0.396 e. The first-order chi connectivity index (χ1) is 18.3. The van der Waals surface area contributed by atoms with Crippen LogP contribution in [0, 0.1) is 5.82 Å². The molecular weight excluding hydrogens is 554 g/mol. The fourth-order valence-electron chi connectivity index (χ4n) is 4.95. The molecule has 1 aliphatic heterocycles. The zero-order valence-corrected chi connectivity index (χ0v) is 22.9. The van der Waals surface area contributed by atoms with Gasteiger partial charge in [0.05, 0.1) is 21.6 Å². The molecule has 3 aromatic rings. The molecule has 38 heavy (non-hydrogen) atoms. The summed E-state index contributed by atoms with van der Waals surface area (Å²) < 4.78 is 17.4. The predicted octanol–water partition coefficient (Wildman–Crippen LogP) is 4.87. The molecular formula is C27H28Cl3FN4O3. The third kappa shape index (κ3) is 5.51. The summed E-state index contributed by atoms with van der Waals surface area (Å²) >= 11 is 19.0. The van der Waals surface area contributed by atoms with Crippen molar-refractivity contribution in [2.24, 2.45) is 0 Å². The molecule has 202 valence electrons. The highest BCUT2D eigenvalue weighted by molar-refractivity contribution is 6.38. The number of benzene rings is 2. The van der Waals surface area contributed by atoms with E-state index < -0.39 is 17.2 Å². The Bertz CT molecular complexity index is 1440. The van der Waals surface area contributed by atoms with Crippen molar-refractivity contribution >= 4 is 57.3 Å². The van der Waals surface area contributed by atoms with Crippen LogP contribution in [0.15, 0.2) is 35.3 Å². The molecule has 1 saturated heterocycles. The molecule has 0 spiro atoms. The van der Waals surface area contributed by atoms with Crippen LogP contribution in [-0.4, -0.2) is 59.8 Å². The highest BCUT2D eigenvalue weighted by Gasteiger charge is 2.31. The maximum absolute atomic E-state index is 15.5. The number of halogens is 4. The SMILES string of the molecule is O=C(NCc1ccc(Cl)cc1Cl)c1cn(C2CC2)c2c(Cl)c(N3CCN(CCCO)CC3)c(F)cc2c1=O. The lowest BCUT2D eigenvalue weighted by atomic mass is 10.1. The zero-order chi connectivity index (χ0) is 27.0. The maximum Gasteiger partial charge on any atom is 0.257 e. The van der Waals surface area contributed by atoms with Crippen LogP contribution < -0.4 is 15.6 Å². The van der Waals surface area contributed by atoms with Crippen LogP contribution in [0.3, 0.4) is 0 Å². The van der Waals surface area contributed by atoms with E-state index in [0.29, 0.717) is 40.6 Å². The summed E-state index contributed by atoms with van der Waals surface area (Å²) in [7, 11) is 0. The summed E-state index contributed by atoms with van der Waals surface area (Å²) in [5.74, 6) is -1.16. The van der Waals surface area contributed by atoms with Gasteiger partial charge in [0, 0.05) is 68.2 Å². The van der Waals surface area contributed by atoms with E-state index in [1.165, 1.54) is 6.07 Å². The Labute approximate surface area is 234 Å². The number of aromatic nitrogens is 1. The summed E-state index contributed by atoms with van der Waals surface area (Å²) in [4.78, 5) is 30.7. The Morgan fingerprint density at radius 1 is 1.11 bits per heavy atom. The lowest BCUT2D eigenvalue weighted by Crippen LogP contribution is -2.47. The number of carbonyl (C=O) groups excluding carboxylic acids is 1. The quantitative estimate of drug-likeness (QED) is 0.397. The molecule has 1 saturated carbocycles. The standard InChI is InChI=1S/C27H28Cl3FN4O3/c28-17-3-2-16(21(29)12-17)14-32-27(38)20-15-35(18-4-5-18)24-19(26(20)37)13-22(31)25(23(24)30)34-9-7-33(8-10-34)6-1-11-36/h2-3,12-13,15,18,36H,1,4-11,14H2,(H,32,38). The fraction of sp³-hybridized carbons (Fsp3) is 0.407. The Hall–Kier alpha value is -2.36. The number of piperazine rings is 1. The van der Waals surface area contributed by atoms with Crippen LogP contribution in [0.25, 0.3) is 10.9 Å². The summed E-state index contributed by atoms with van der Waals surface area (Å²) in [6, 6.07) is 6.25. The van der Waals surface area contributed by atoms with Crippen LogP contribution in [0.5, 0.6) is 0 Å². The monoisotopic (exact) mass is 580 g/mol. The lowest BCUT2D eigenvalue weighted by Gasteiger charge is -2.36. The van der Waals surface area contributed by atoms with E-state index >= 15 is 4.39 Å². The van der Waals surface area contributed by atoms with E-state index in [2.05, 4.69) is 10.2 Å². The minimum absolute atomic E-state index is 0.0739. The van der Waals surface area contributed by atoms with Crippen molar-refractivity contribution in [2.75, 3.05) is 44.2 Å². The number of anilines is 1. The van der Waals surface area contributed by atoms with Gasteiger partial charge in [0.1, 0.15) is 11.4 Å². The van der Waals surface area contributed by atoms with Crippen molar-refractivity contribution in [3.63, 3.8) is 0 Å². The summed E-state index contributed by atoms with van der Waals surface area (Å²) in [5, 5.41) is 13.0. The molecule has 2 aliphatic rings. The smallest absolute Gasteiger partial charge is 0.257 e. The second-order valence-corrected chi connectivity index (χ2v) is 11.0. The van der Waals surface area contributed by atoms with E-state index in [4.69, 9.17) is 39.9 Å². The first-order valence-corrected chi connectivity index (χ1v) is 13.8. The number of nitrogens with one attached hydrogen (secondary N) is 1. The number of nitrogens with zero attached hydrogens (tertiary/aromatic N) is 3. The van der Waals surface area contributed by atoms with Gasteiger partial charge in [0.2, 0.25) is 5.43 Å². The Kier molecular flexibility index (Phi) is 8.16. The van der Waals surface area contributed by atoms with Gasteiger partial charge in [-0.05, 0) is 43.0 Å². The van der Waals surface area contributed by atoms with Crippen molar-refractivity contribution < 1.29 is 14.3 Å². The second kappa shape index (κ2) is 11.4. The van der Waals surface area contributed by atoms with Crippen LogP contribution in [-0.2, 0) is 6.54 Å². The zero-order valence-electron chi connectivity index (χ0n) is 20.7. The minimum atomic E-state index is -0.587. The highest BCUT2D eigenvalue weighted by atomic mass is 35.5. The molecule has 2 aromatic carbocycles. The first kappa shape index (κ1) is 27.2. The number of rotatable bonds is 8. The first-order valence-electron chi connectivity index (χ1n) is 12.7. The third-order valence-electron chi connectivity index (χ3n) is 7.14. The molecule has 5 rings (SSSR count). The van der Waals surface area contributed by atoms with E-state index in [-0.39, 0.29) is 40.9 Å². The summed E-state index contributed by atoms with van der Waals surface area (Å²) in [5.41, 5.74) is 0.746. The van der Waals surface area contributed by atoms with Crippen molar-refractivity contribution in [1.82, 2.24) is 14.8 Å². The number of amides is 1. The molecule has 0 atom stereocenters. The summed E-state index contributed by atoms with van der Waals surface area (Å²) in [6.45, 7) is 3.63. The van der Waals surface area contributed by atoms with E-state index in [0.717, 1.165) is 32.5 Å². The molecule has 11 heteroatoms. The van der Waals surface area contributed by atoms with Gasteiger partial charge in [-0.3, -0.25) is 14.5 Å². The molecule has 1 amide bonds. The third-order valence-corrected chi connectivity index (χ3v) is 8.09. The van der Waals surface area contributed by atoms with Gasteiger partial charge >= 0.3 is 0 Å². The van der Waals surface area contributed by atoms with E-state index in [1.807, 2.05) is 9.47 Å². The Balaban J connectivity index is 1.47. The molecule has 0 unspecified atom stereocenters. The normalized spacial score (nSPS) is 16.3. The van der Waals surface area contributed by atoms with Crippen molar-refractivity contribution in [1.29, 1.82) is 0 Å². The fourth-order valence-corrected chi connectivity index (χ4v) is 5.83. The molecule has 2 heterocycles. The average molecular weight is 582 g/mol. The van der Waals surface area contributed by atoms with Crippen molar-refractivity contribution in [2.45, 2.75) is 31.8 Å². The van der Waals surface area contributed by atoms with Crippen molar-refractivity contribution in [3.05, 3.63) is 72.7 Å². The second-order valence-electron chi connectivity index (χ2n) is 9.75. The minimum Gasteiger partial charge on any atom is -0.396 e. The molecule has 1 aromatic heterocycles. The molecule has 0 radical (unpaired) electrons. The number of carbonyl (C=O) groups is 1. The van der Waals surface area contributed by atoms with Gasteiger partial charge < -0.3 is 19.9 Å². The number of aliphatic hydroxyl groups is 1. The molecule has 2 N–H and O–H groups in total. The number of hydrogen-bond donors (Lipinski definition) is 2. The Morgan fingerprint density at radius 2 is 1.84 bits per heavy atom. The van der Waals surface area contributed by atoms with Crippen LogP contribution in [0.2, 0.25) is 15.1 Å². The van der Waals surface area contributed by atoms with Gasteiger partial charge in [-0.15, -0.1) is 0 Å². The Morgan fingerprint density at radius 3 is 2.50 bits per heavy atom. The van der Waals surface area contributed by atoms with Gasteiger partial charge in [-0.1, -0.05) is 40.9 Å². The molecule has 2 fully saturated rings. The maximum atomic E-state index is 15.5. The molecule has 1 aliphatic carbocycles. The molecule has 0 bridgehead atoms. The lowest BCUT2D eigenvalue weighted by molar-refractivity contribution is 0.0949. The number of pyridine rings is 1. The number of aliphatic hydroxyl groups excluding tert-OH is 1. The van der Waals surface area contributed by atoms with E-state index in [1.54, 1.807) is 24.4 Å². The highest BCUT2D eigenvalue weighted by Crippen LogP contribution is 2.42. The van der Waals surface area contributed by atoms with Gasteiger partial charge in [0.25, 0.3) is 5.91 Å². The van der Waals surface area contributed by atoms with E-state index in [9.17, 15) is 9.59 Å². The van der Waals surface area contributed by atoms with Gasteiger partial charge in [0.15, 0.2) is 0 Å². The van der Waals surface area contributed by atoms with Crippen molar-refractivity contribution in [3.8, 4) is 0 Å². The average Bonchev–Trinajstić information content (AvgIpc) is 3.73. The van der Waals surface area contributed by atoms with Crippen LogP contribution >= 0.6 is 34.8 Å².